The highest BCUT2D eigenvalue weighted by Gasteiger charge is 2.20. The number of thioether (sulfide) groups is 1. The van der Waals surface area contributed by atoms with Crippen LogP contribution >= 0.6 is 11.8 Å². The summed E-state index contributed by atoms with van der Waals surface area (Å²) < 4.78 is 0. The Bertz CT molecular complexity index is 524. The van der Waals surface area contributed by atoms with E-state index >= 15 is 0 Å². The van der Waals surface area contributed by atoms with E-state index in [0.717, 1.165) is 16.0 Å². The number of aliphatic hydroxyl groups excluding tert-OH is 1. The lowest BCUT2D eigenvalue weighted by atomic mass is 10.0. The molecule has 1 saturated carbocycles. The van der Waals surface area contributed by atoms with Crippen molar-refractivity contribution in [3.8, 4) is 0 Å². The van der Waals surface area contributed by atoms with E-state index in [9.17, 15) is 9.90 Å². The number of aliphatic hydroxyl groups is 1. The van der Waals surface area contributed by atoms with E-state index in [1.165, 1.54) is 25.7 Å². The first-order chi connectivity index (χ1) is 11.0. The molecule has 0 heterocycles. The van der Waals surface area contributed by atoms with Crippen LogP contribution in [0.25, 0.3) is 0 Å². The Hall–Kier alpha value is -1.00. The fraction of sp³-hybridized carbons (Fsp3) is 0.632. The van der Waals surface area contributed by atoms with Gasteiger partial charge in [-0.1, -0.05) is 31.4 Å². The van der Waals surface area contributed by atoms with Crippen molar-refractivity contribution in [2.24, 2.45) is 5.92 Å². The lowest BCUT2D eigenvalue weighted by molar-refractivity contribution is 0.0936. The van der Waals surface area contributed by atoms with Crippen LogP contribution in [0.4, 0.5) is 0 Å². The first-order valence-electron chi connectivity index (χ1n) is 8.69. The minimum absolute atomic E-state index is 0.00615. The highest BCUT2D eigenvalue weighted by molar-refractivity contribution is 8.00. The highest BCUT2D eigenvalue weighted by Crippen LogP contribution is 2.36. The van der Waals surface area contributed by atoms with Crippen molar-refractivity contribution in [3.63, 3.8) is 0 Å². The van der Waals surface area contributed by atoms with E-state index in [1.807, 2.05) is 24.8 Å². The molecule has 0 bridgehead atoms. The van der Waals surface area contributed by atoms with Crippen LogP contribution < -0.4 is 5.32 Å². The summed E-state index contributed by atoms with van der Waals surface area (Å²) in [7, 11) is 0. The Balaban J connectivity index is 2.01. The molecule has 0 spiro atoms. The number of carbonyl (C=O) groups is 1. The quantitative estimate of drug-likeness (QED) is 0.786. The predicted octanol–water partition coefficient (Wildman–Crippen LogP) is 4.17. The largest absolute Gasteiger partial charge is 0.393 e. The summed E-state index contributed by atoms with van der Waals surface area (Å²) in [5, 5.41) is 13.1. The number of hydrogen-bond acceptors (Lipinski definition) is 3. The average Bonchev–Trinajstić information content (AvgIpc) is 2.99. The van der Waals surface area contributed by atoms with E-state index in [-0.39, 0.29) is 17.9 Å². The smallest absolute Gasteiger partial charge is 0.252 e. The summed E-state index contributed by atoms with van der Waals surface area (Å²) in [6, 6.07) is 6.17. The number of benzene rings is 1. The number of nitrogens with one attached hydrogen (secondary N) is 1. The van der Waals surface area contributed by atoms with Crippen molar-refractivity contribution >= 4 is 17.7 Å². The molecule has 0 aromatic heterocycles. The zero-order chi connectivity index (χ0) is 16.8. The molecule has 3 nitrogen and oxygen atoms in total. The minimum atomic E-state index is -0.325. The van der Waals surface area contributed by atoms with Gasteiger partial charge in [0.25, 0.3) is 5.91 Å². The van der Waals surface area contributed by atoms with Crippen molar-refractivity contribution in [2.45, 2.75) is 69.1 Å². The summed E-state index contributed by atoms with van der Waals surface area (Å²) in [6.07, 6.45) is 5.51. The molecule has 1 aliphatic carbocycles. The first kappa shape index (κ1) is 18.3. The topological polar surface area (TPSA) is 49.3 Å². The van der Waals surface area contributed by atoms with Crippen molar-refractivity contribution < 1.29 is 9.90 Å². The average molecular weight is 336 g/mol. The molecule has 1 amide bonds. The zero-order valence-corrected chi connectivity index (χ0v) is 15.3. The molecule has 0 radical (unpaired) electrons. The van der Waals surface area contributed by atoms with Crippen LogP contribution in [-0.2, 0) is 0 Å². The fourth-order valence-electron chi connectivity index (χ4n) is 3.14. The second kappa shape index (κ2) is 8.74. The third-order valence-electron chi connectivity index (χ3n) is 4.33. The van der Waals surface area contributed by atoms with Crippen LogP contribution in [0.15, 0.2) is 23.1 Å². The third-order valence-corrected chi connectivity index (χ3v) is 5.74. The number of aryl methyl sites for hydroxylation is 1. The molecule has 1 fully saturated rings. The molecular formula is C19H29NO2S. The van der Waals surface area contributed by atoms with Gasteiger partial charge < -0.3 is 10.4 Å². The van der Waals surface area contributed by atoms with E-state index in [1.54, 1.807) is 6.92 Å². The number of carbonyl (C=O) groups excluding carboxylic acids is 1. The minimum Gasteiger partial charge on any atom is -0.393 e. The van der Waals surface area contributed by atoms with E-state index < -0.39 is 0 Å². The van der Waals surface area contributed by atoms with Crippen molar-refractivity contribution in [1.82, 2.24) is 5.32 Å². The maximum absolute atomic E-state index is 12.6. The normalized spacial score (nSPS) is 17.9. The van der Waals surface area contributed by atoms with Gasteiger partial charge >= 0.3 is 0 Å². The van der Waals surface area contributed by atoms with Gasteiger partial charge in [0.1, 0.15) is 0 Å². The predicted molar refractivity (Wildman–Crippen MR) is 97.1 cm³/mol. The lowest BCUT2D eigenvalue weighted by Gasteiger charge is -2.17. The molecular weight excluding hydrogens is 306 g/mol. The van der Waals surface area contributed by atoms with E-state index in [2.05, 4.69) is 24.4 Å². The molecule has 23 heavy (non-hydrogen) atoms. The van der Waals surface area contributed by atoms with Crippen LogP contribution in [0.3, 0.4) is 0 Å². The van der Waals surface area contributed by atoms with Crippen molar-refractivity contribution in [1.29, 1.82) is 0 Å². The SMILES string of the molecule is Cc1ccc(SC2CCCC2)c(C(=O)NCC(C)CC(C)O)c1. The van der Waals surface area contributed by atoms with Gasteiger partial charge in [-0.2, -0.15) is 0 Å². The molecule has 128 valence electrons. The highest BCUT2D eigenvalue weighted by atomic mass is 32.2. The second-order valence-corrected chi connectivity index (χ2v) is 8.27. The first-order valence-corrected chi connectivity index (χ1v) is 9.57. The van der Waals surface area contributed by atoms with Gasteiger partial charge in [0.15, 0.2) is 0 Å². The molecule has 0 aliphatic heterocycles. The maximum Gasteiger partial charge on any atom is 0.252 e. The van der Waals surface area contributed by atoms with Gasteiger partial charge in [0.05, 0.1) is 11.7 Å². The van der Waals surface area contributed by atoms with Gasteiger partial charge in [-0.3, -0.25) is 4.79 Å². The summed E-state index contributed by atoms with van der Waals surface area (Å²) in [6.45, 7) is 6.47. The maximum atomic E-state index is 12.6. The molecule has 2 atom stereocenters. The molecule has 1 aromatic carbocycles. The number of amides is 1. The molecule has 1 aromatic rings. The van der Waals surface area contributed by atoms with Crippen LogP contribution in [0.5, 0.6) is 0 Å². The van der Waals surface area contributed by atoms with Gasteiger partial charge in [-0.05, 0) is 51.2 Å². The van der Waals surface area contributed by atoms with Crippen LogP contribution in [0, 0.1) is 12.8 Å². The van der Waals surface area contributed by atoms with Crippen molar-refractivity contribution in [3.05, 3.63) is 29.3 Å². The van der Waals surface area contributed by atoms with E-state index in [0.29, 0.717) is 18.2 Å². The zero-order valence-electron chi connectivity index (χ0n) is 14.5. The Morgan fingerprint density at radius 3 is 2.70 bits per heavy atom. The second-order valence-electron chi connectivity index (χ2n) is 6.92. The van der Waals surface area contributed by atoms with Gasteiger partial charge in [0.2, 0.25) is 0 Å². The molecule has 4 heteroatoms. The molecule has 0 saturated heterocycles. The monoisotopic (exact) mass is 335 g/mol. The third kappa shape index (κ3) is 5.85. The number of hydrogen-bond donors (Lipinski definition) is 2. The lowest BCUT2D eigenvalue weighted by Crippen LogP contribution is -2.30. The van der Waals surface area contributed by atoms with Crippen LogP contribution in [-0.4, -0.2) is 28.9 Å². The standard InChI is InChI=1S/C19H29NO2S/c1-13-8-9-18(23-16-6-4-5-7-16)17(11-13)19(22)20-12-14(2)10-15(3)21/h8-9,11,14-16,21H,4-7,10,12H2,1-3H3,(H,20,22). The summed E-state index contributed by atoms with van der Waals surface area (Å²) >= 11 is 1.86. The van der Waals surface area contributed by atoms with Crippen molar-refractivity contribution in [2.75, 3.05) is 6.54 Å². The summed E-state index contributed by atoms with van der Waals surface area (Å²) in [4.78, 5) is 13.7. The van der Waals surface area contributed by atoms with E-state index in [4.69, 9.17) is 0 Å². The number of rotatable bonds is 7. The molecule has 1 aliphatic rings. The molecule has 2 N–H and O–H groups in total. The molecule has 2 unspecified atom stereocenters. The Morgan fingerprint density at radius 2 is 2.04 bits per heavy atom. The van der Waals surface area contributed by atoms with Gasteiger partial charge in [-0.15, -0.1) is 11.8 Å². The Kier molecular flexibility index (Phi) is 6.97. The summed E-state index contributed by atoms with van der Waals surface area (Å²) in [5.41, 5.74) is 1.91. The fourth-order valence-corrected chi connectivity index (χ4v) is 4.49. The van der Waals surface area contributed by atoms with Crippen LogP contribution in [0.1, 0.15) is 61.9 Å². The van der Waals surface area contributed by atoms with Gasteiger partial charge in [-0.25, -0.2) is 0 Å². The Labute approximate surface area is 144 Å². The molecule has 2 rings (SSSR count). The van der Waals surface area contributed by atoms with Crippen LogP contribution in [0.2, 0.25) is 0 Å². The van der Waals surface area contributed by atoms with Gasteiger partial charge in [0, 0.05) is 16.7 Å². The Morgan fingerprint density at radius 1 is 1.35 bits per heavy atom. The summed E-state index contributed by atoms with van der Waals surface area (Å²) in [5.74, 6) is 0.279.